The number of Topliss-reactive ketones (excluding diaryl/α,β-unsaturated/α-hetero) is 1. The van der Waals surface area contributed by atoms with Crippen LogP contribution in [-0.2, 0) is 4.79 Å². The van der Waals surface area contributed by atoms with Crippen molar-refractivity contribution >= 4 is 5.78 Å². The Labute approximate surface area is 86.2 Å². The van der Waals surface area contributed by atoms with Gasteiger partial charge >= 0.3 is 0 Å². The van der Waals surface area contributed by atoms with Crippen molar-refractivity contribution in [3.63, 3.8) is 0 Å². The van der Waals surface area contributed by atoms with Gasteiger partial charge in [-0.1, -0.05) is 0 Å². The number of aliphatic hydroxyl groups is 6. The predicted molar refractivity (Wildman–Crippen MR) is 47.8 cm³/mol. The van der Waals surface area contributed by atoms with E-state index >= 15 is 0 Å². The van der Waals surface area contributed by atoms with Crippen molar-refractivity contribution in [3.05, 3.63) is 0 Å². The number of carbonyl (C=O) groups excluding carboxylic acids is 1. The van der Waals surface area contributed by atoms with Gasteiger partial charge < -0.3 is 30.6 Å². The van der Waals surface area contributed by atoms with Gasteiger partial charge in [-0.15, -0.1) is 0 Å². The predicted octanol–water partition coefficient (Wildman–Crippen LogP) is -3.63. The molecule has 0 fully saturated rings. The highest BCUT2D eigenvalue weighted by Gasteiger charge is 2.33. The van der Waals surface area contributed by atoms with Crippen molar-refractivity contribution in [2.75, 3.05) is 13.2 Å². The highest BCUT2D eigenvalue weighted by molar-refractivity contribution is 5.87. The van der Waals surface area contributed by atoms with Gasteiger partial charge in [-0.3, -0.25) is 4.79 Å². The summed E-state index contributed by atoms with van der Waals surface area (Å²) in [6.45, 7) is -1.26. The molecule has 6 N–H and O–H groups in total. The average Bonchev–Trinajstić information content (AvgIpc) is 2.25. The minimum atomic E-state index is -1.99. The molecule has 7 heteroatoms. The Balaban J connectivity index is 4.30. The molecule has 0 aromatic carbocycles. The van der Waals surface area contributed by atoms with E-state index < -0.39 is 43.4 Å². The van der Waals surface area contributed by atoms with Crippen molar-refractivity contribution in [1.82, 2.24) is 0 Å². The van der Waals surface area contributed by atoms with E-state index in [9.17, 15) is 9.90 Å². The van der Waals surface area contributed by atoms with E-state index in [0.717, 1.165) is 0 Å². The Morgan fingerprint density at radius 2 is 1.60 bits per heavy atom. The maximum absolute atomic E-state index is 11.1. The van der Waals surface area contributed by atoms with Crippen LogP contribution in [0.25, 0.3) is 0 Å². The maximum atomic E-state index is 11.1. The summed E-state index contributed by atoms with van der Waals surface area (Å²) in [4.78, 5) is 11.1. The lowest BCUT2D eigenvalue weighted by molar-refractivity contribution is -0.149. The normalized spacial score (nSPS) is 19.3. The largest absolute Gasteiger partial charge is 0.396 e. The Morgan fingerprint density at radius 1 is 1.07 bits per heavy atom. The standard InChI is InChI=1S/C8H16O7/c9-2-1-4(11)6(13)8(15)7(14)5(12)3-10/h4-5,7-12,14-15H,1-3H2/t4?,5-,7+,8+/m1/s1. The maximum Gasteiger partial charge on any atom is 0.192 e. The number of hydrogen-bond acceptors (Lipinski definition) is 7. The van der Waals surface area contributed by atoms with Crippen LogP contribution in [0.5, 0.6) is 0 Å². The van der Waals surface area contributed by atoms with Gasteiger partial charge in [0, 0.05) is 13.0 Å². The Morgan fingerprint density at radius 3 is 2.00 bits per heavy atom. The summed E-state index contributed by atoms with van der Waals surface area (Å²) in [5.74, 6) is -1.11. The molecule has 90 valence electrons. The summed E-state index contributed by atoms with van der Waals surface area (Å²) >= 11 is 0. The summed E-state index contributed by atoms with van der Waals surface area (Å²) in [6, 6.07) is 0. The zero-order valence-corrected chi connectivity index (χ0v) is 8.02. The van der Waals surface area contributed by atoms with E-state index in [1.807, 2.05) is 0 Å². The van der Waals surface area contributed by atoms with Crippen LogP contribution in [0.15, 0.2) is 0 Å². The minimum Gasteiger partial charge on any atom is -0.396 e. The quantitative estimate of drug-likeness (QED) is 0.262. The molecule has 0 saturated carbocycles. The molecule has 0 aromatic heterocycles. The van der Waals surface area contributed by atoms with Gasteiger partial charge in [0.25, 0.3) is 0 Å². The first-order chi connectivity index (χ1) is 6.95. The van der Waals surface area contributed by atoms with Crippen LogP contribution in [-0.4, -0.2) is 74.1 Å². The van der Waals surface area contributed by atoms with E-state index in [-0.39, 0.29) is 6.42 Å². The number of ketones is 1. The number of rotatable bonds is 7. The molecular weight excluding hydrogens is 208 g/mol. The van der Waals surface area contributed by atoms with Crippen LogP contribution in [0.4, 0.5) is 0 Å². The second kappa shape index (κ2) is 6.83. The fraction of sp³-hybridized carbons (Fsp3) is 0.875. The fourth-order valence-corrected chi connectivity index (χ4v) is 0.948. The number of carbonyl (C=O) groups is 1. The molecule has 0 rings (SSSR count). The Kier molecular flexibility index (Phi) is 6.57. The third-order valence-electron chi connectivity index (χ3n) is 1.93. The molecule has 0 aliphatic heterocycles. The van der Waals surface area contributed by atoms with Crippen molar-refractivity contribution in [1.29, 1.82) is 0 Å². The number of hydrogen-bond donors (Lipinski definition) is 6. The van der Waals surface area contributed by atoms with Crippen LogP contribution in [0, 0.1) is 0 Å². The van der Waals surface area contributed by atoms with Gasteiger partial charge in [-0.05, 0) is 0 Å². The topological polar surface area (TPSA) is 138 Å². The highest BCUT2D eigenvalue weighted by Crippen LogP contribution is 2.05. The molecule has 0 saturated heterocycles. The molecule has 0 aliphatic carbocycles. The van der Waals surface area contributed by atoms with E-state index in [4.69, 9.17) is 25.5 Å². The van der Waals surface area contributed by atoms with Crippen LogP contribution in [0.2, 0.25) is 0 Å². The molecule has 0 aliphatic rings. The van der Waals surface area contributed by atoms with E-state index in [2.05, 4.69) is 0 Å². The summed E-state index contributed by atoms with van der Waals surface area (Å²) in [7, 11) is 0. The van der Waals surface area contributed by atoms with Crippen molar-refractivity contribution in [2.45, 2.75) is 30.8 Å². The highest BCUT2D eigenvalue weighted by atomic mass is 16.4. The molecule has 0 bridgehead atoms. The summed E-state index contributed by atoms with van der Waals surface area (Å²) in [6.07, 6.45) is -7.39. The monoisotopic (exact) mass is 224 g/mol. The second-order valence-corrected chi connectivity index (χ2v) is 3.12. The second-order valence-electron chi connectivity index (χ2n) is 3.12. The lowest BCUT2D eigenvalue weighted by Crippen LogP contribution is -2.47. The molecule has 0 amide bonds. The molecule has 0 spiro atoms. The van der Waals surface area contributed by atoms with Crippen molar-refractivity contribution in [2.24, 2.45) is 0 Å². The number of aliphatic hydroxyl groups excluding tert-OH is 6. The van der Waals surface area contributed by atoms with E-state index in [0.29, 0.717) is 0 Å². The Bertz CT molecular complexity index is 195. The molecule has 15 heavy (non-hydrogen) atoms. The van der Waals surface area contributed by atoms with E-state index in [1.54, 1.807) is 0 Å². The van der Waals surface area contributed by atoms with Gasteiger partial charge in [0.1, 0.15) is 24.4 Å². The van der Waals surface area contributed by atoms with E-state index in [1.165, 1.54) is 0 Å². The van der Waals surface area contributed by atoms with Crippen molar-refractivity contribution in [3.8, 4) is 0 Å². The van der Waals surface area contributed by atoms with Gasteiger partial charge in [0.05, 0.1) is 6.61 Å². The Hall–Kier alpha value is -0.570. The molecule has 0 aromatic rings. The van der Waals surface area contributed by atoms with Gasteiger partial charge in [0.2, 0.25) is 0 Å². The first-order valence-corrected chi connectivity index (χ1v) is 4.43. The zero-order chi connectivity index (χ0) is 12.0. The smallest absolute Gasteiger partial charge is 0.192 e. The molecular formula is C8H16O7. The fourth-order valence-electron chi connectivity index (χ4n) is 0.948. The van der Waals surface area contributed by atoms with Gasteiger partial charge in [0.15, 0.2) is 5.78 Å². The van der Waals surface area contributed by atoms with Crippen LogP contribution in [0.3, 0.4) is 0 Å². The third kappa shape index (κ3) is 4.20. The molecule has 7 nitrogen and oxygen atoms in total. The molecule has 0 heterocycles. The lowest BCUT2D eigenvalue weighted by Gasteiger charge is -2.22. The van der Waals surface area contributed by atoms with Gasteiger partial charge in [-0.25, -0.2) is 0 Å². The minimum absolute atomic E-state index is 0.266. The zero-order valence-electron chi connectivity index (χ0n) is 8.02. The molecule has 4 atom stereocenters. The third-order valence-corrected chi connectivity index (χ3v) is 1.93. The first-order valence-electron chi connectivity index (χ1n) is 4.43. The SMILES string of the molecule is O=C(C(O)CCO)[C@H](O)[C@@H](O)[C@H](O)CO. The van der Waals surface area contributed by atoms with Gasteiger partial charge in [-0.2, -0.15) is 0 Å². The van der Waals surface area contributed by atoms with Crippen LogP contribution in [0.1, 0.15) is 6.42 Å². The van der Waals surface area contributed by atoms with Crippen LogP contribution >= 0.6 is 0 Å². The first kappa shape index (κ1) is 14.4. The van der Waals surface area contributed by atoms with Crippen LogP contribution < -0.4 is 0 Å². The van der Waals surface area contributed by atoms with Crippen molar-refractivity contribution < 1.29 is 35.4 Å². The summed E-state index contributed by atoms with van der Waals surface area (Å²) in [5.41, 5.74) is 0. The average molecular weight is 224 g/mol. The molecule has 1 unspecified atom stereocenters. The molecule has 0 radical (unpaired) electrons. The lowest BCUT2D eigenvalue weighted by atomic mass is 10.00. The summed E-state index contributed by atoms with van der Waals surface area (Å²) in [5, 5.41) is 53.1. The summed E-state index contributed by atoms with van der Waals surface area (Å²) < 4.78 is 0.